The van der Waals surface area contributed by atoms with E-state index in [1.165, 1.54) is 0 Å². The van der Waals surface area contributed by atoms with Gasteiger partial charge in [-0.15, -0.1) is 0 Å². The summed E-state index contributed by atoms with van der Waals surface area (Å²) in [5, 5.41) is 4.41. The van der Waals surface area contributed by atoms with Crippen molar-refractivity contribution in [2.24, 2.45) is 0 Å². The van der Waals surface area contributed by atoms with Crippen molar-refractivity contribution < 1.29 is 4.74 Å². The van der Waals surface area contributed by atoms with Gasteiger partial charge in [0.2, 0.25) is 0 Å². The van der Waals surface area contributed by atoms with E-state index in [0.29, 0.717) is 0 Å². The standard InChI is InChI=1S/C15H21N5O/c16-12-2-3-13-14(10-12)18-11-19-15(13)17-4-1-5-20-6-8-21-9-7-20/h2-3,10-11H,1,4-9,16H2,(H,17,18,19). The quantitative estimate of drug-likeness (QED) is 0.638. The fraction of sp³-hybridized carbons (Fsp3) is 0.467. The van der Waals surface area contributed by atoms with Crippen LogP contribution in [0, 0.1) is 0 Å². The van der Waals surface area contributed by atoms with Crippen molar-refractivity contribution in [3.05, 3.63) is 24.5 Å². The van der Waals surface area contributed by atoms with E-state index in [1.54, 1.807) is 6.33 Å². The predicted molar refractivity (Wildman–Crippen MR) is 84.3 cm³/mol. The fourth-order valence-corrected chi connectivity index (χ4v) is 2.55. The molecule has 0 bridgehead atoms. The number of nitrogens with two attached hydrogens (primary N) is 1. The first-order chi connectivity index (χ1) is 10.3. The largest absolute Gasteiger partial charge is 0.399 e. The molecule has 1 saturated heterocycles. The van der Waals surface area contributed by atoms with Crippen LogP contribution in [0.25, 0.3) is 10.9 Å². The molecule has 0 spiro atoms. The minimum absolute atomic E-state index is 0.722. The summed E-state index contributed by atoms with van der Waals surface area (Å²) in [5.74, 6) is 0.877. The Balaban J connectivity index is 1.55. The summed E-state index contributed by atoms with van der Waals surface area (Å²) in [6.45, 7) is 5.77. The van der Waals surface area contributed by atoms with Crippen molar-refractivity contribution in [2.45, 2.75) is 6.42 Å². The van der Waals surface area contributed by atoms with Gasteiger partial charge in [-0.1, -0.05) is 0 Å². The molecule has 21 heavy (non-hydrogen) atoms. The third-order valence-corrected chi connectivity index (χ3v) is 3.71. The van der Waals surface area contributed by atoms with Crippen LogP contribution in [0.2, 0.25) is 0 Å². The van der Waals surface area contributed by atoms with Gasteiger partial charge in [-0.05, 0) is 31.2 Å². The lowest BCUT2D eigenvalue weighted by Gasteiger charge is -2.26. The third-order valence-electron chi connectivity index (χ3n) is 3.71. The lowest BCUT2D eigenvalue weighted by atomic mass is 10.2. The van der Waals surface area contributed by atoms with Crippen molar-refractivity contribution in [3.63, 3.8) is 0 Å². The van der Waals surface area contributed by atoms with Crippen molar-refractivity contribution in [3.8, 4) is 0 Å². The first-order valence-electron chi connectivity index (χ1n) is 7.37. The Morgan fingerprint density at radius 1 is 1.24 bits per heavy atom. The highest BCUT2D eigenvalue weighted by molar-refractivity contribution is 5.90. The number of morpholine rings is 1. The number of nitrogens with one attached hydrogen (secondary N) is 1. The van der Waals surface area contributed by atoms with Crippen LogP contribution >= 0.6 is 0 Å². The second-order valence-electron chi connectivity index (χ2n) is 5.23. The molecule has 112 valence electrons. The lowest BCUT2D eigenvalue weighted by molar-refractivity contribution is 0.0378. The molecule has 0 unspecified atom stereocenters. The first kappa shape index (κ1) is 14.0. The van der Waals surface area contributed by atoms with Crippen LogP contribution < -0.4 is 11.1 Å². The number of benzene rings is 1. The zero-order chi connectivity index (χ0) is 14.5. The average Bonchev–Trinajstić information content (AvgIpc) is 2.52. The lowest BCUT2D eigenvalue weighted by Crippen LogP contribution is -2.37. The van der Waals surface area contributed by atoms with E-state index in [-0.39, 0.29) is 0 Å². The van der Waals surface area contributed by atoms with Gasteiger partial charge in [0.05, 0.1) is 18.7 Å². The molecule has 2 aromatic rings. The zero-order valence-corrected chi connectivity index (χ0v) is 12.1. The van der Waals surface area contributed by atoms with Gasteiger partial charge in [0.1, 0.15) is 12.1 Å². The molecule has 0 aliphatic carbocycles. The SMILES string of the molecule is Nc1ccc2c(NCCCN3CCOCC3)ncnc2c1. The van der Waals surface area contributed by atoms with Crippen molar-refractivity contribution in [2.75, 3.05) is 50.4 Å². The van der Waals surface area contributed by atoms with Crippen LogP contribution in [0.3, 0.4) is 0 Å². The van der Waals surface area contributed by atoms with Crippen LogP contribution in [0.1, 0.15) is 6.42 Å². The van der Waals surface area contributed by atoms with Crippen LogP contribution in [-0.4, -0.2) is 54.3 Å². The summed E-state index contributed by atoms with van der Waals surface area (Å²) < 4.78 is 5.35. The number of fused-ring (bicyclic) bond motifs is 1. The van der Waals surface area contributed by atoms with E-state index in [9.17, 15) is 0 Å². The number of nitrogen functional groups attached to an aromatic ring is 1. The minimum Gasteiger partial charge on any atom is -0.399 e. The predicted octanol–water partition coefficient (Wildman–Crippen LogP) is 1.35. The van der Waals surface area contributed by atoms with Crippen LogP contribution in [-0.2, 0) is 4.74 Å². The van der Waals surface area contributed by atoms with Crippen LogP contribution in [0.5, 0.6) is 0 Å². The van der Waals surface area contributed by atoms with Gasteiger partial charge in [0.25, 0.3) is 0 Å². The molecular weight excluding hydrogens is 266 g/mol. The number of anilines is 2. The second kappa shape index (κ2) is 6.69. The van der Waals surface area contributed by atoms with E-state index in [1.807, 2.05) is 18.2 Å². The Labute approximate surface area is 124 Å². The maximum absolute atomic E-state index is 5.78. The Morgan fingerprint density at radius 3 is 2.95 bits per heavy atom. The normalized spacial score (nSPS) is 16.2. The van der Waals surface area contributed by atoms with Gasteiger partial charge < -0.3 is 15.8 Å². The van der Waals surface area contributed by atoms with E-state index >= 15 is 0 Å². The molecule has 6 heteroatoms. The topological polar surface area (TPSA) is 76.3 Å². The highest BCUT2D eigenvalue weighted by Crippen LogP contribution is 2.21. The smallest absolute Gasteiger partial charge is 0.137 e. The number of nitrogens with zero attached hydrogens (tertiary/aromatic N) is 3. The first-order valence-corrected chi connectivity index (χ1v) is 7.37. The molecule has 2 heterocycles. The molecule has 6 nitrogen and oxygen atoms in total. The summed E-state index contributed by atoms with van der Waals surface area (Å²) in [6.07, 6.45) is 2.66. The second-order valence-corrected chi connectivity index (χ2v) is 5.23. The summed E-state index contributed by atoms with van der Waals surface area (Å²) in [4.78, 5) is 11.0. The molecule has 3 rings (SSSR count). The van der Waals surface area contributed by atoms with E-state index in [2.05, 4.69) is 20.2 Å². The number of ether oxygens (including phenoxy) is 1. The molecule has 0 saturated carbocycles. The van der Waals surface area contributed by atoms with Gasteiger partial charge in [-0.3, -0.25) is 4.90 Å². The highest BCUT2D eigenvalue weighted by Gasteiger charge is 2.09. The minimum atomic E-state index is 0.722. The van der Waals surface area contributed by atoms with Crippen molar-refractivity contribution >= 4 is 22.4 Å². The molecule has 3 N–H and O–H groups in total. The molecule has 0 amide bonds. The summed E-state index contributed by atoms with van der Waals surface area (Å²) in [6, 6.07) is 5.72. The van der Waals surface area contributed by atoms with Crippen LogP contribution in [0.4, 0.5) is 11.5 Å². The Morgan fingerprint density at radius 2 is 2.10 bits per heavy atom. The zero-order valence-electron chi connectivity index (χ0n) is 12.1. The third kappa shape index (κ3) is 3.59. The molecule has 1 aromatic heterocycles. The average molecular weight is 287 g/mol. The number of rotatable bonds is 5. The van der Waals surface area contributed by atoms with Gasteiger partial charge >= 0.3 is 0 Å². The maximum Gasteiger partial charge on any atom is 0.137 e. The molecular formula is C15H21N5O. The molecule has 1 fully saturated rings. The Hall–Kier alpha value is -1.92. The Bertz CT molecular complexity index is 598. The Kier molecular flexibility index (Phi) is 4.47. The van der Waals surface area contributed by atoms with Crippen molar-refractivity contribution in [1.82, 2.24) is 14.9 Å². The number of hydrogen-bond acceptors (Lipinski definition) is 6. The fourth-order valence-electron chi connectivity index (χ4n) is 2.55. The summed E-state index contributed by atoms with van der Waals surface area (Å²) in [5.41, 5.74) is 7.38. The van der Waals surface area contributed by atoms with Crippen LogP contribution in [0.15, 0.2) is 24.5 Å². The monoisotopic (exact) mass is 287 g/mol. The number of aromatic nitrogens is 2. The van der Waals surface area contributed by atoms with Gasteiger partial charge in [0, 0.05) is 30.7 Å². The van der Waals surface area contributed by atoms with E-state index < -0.39 is 0 Å². The molecule has 0 atom stereocenters. The molecule has 1 aliphatic heterocycles. The van der Waals surface area contributed by atoms with Gasteiger partial charge in [-0.25, -0.2) is 9.97 Å². The molecule has 1 aliphatic rings. The van der Waals surface area contributed by atoms with Gasteiger partial charge in [-0.2, -0.15) is 0 Å². The highest BCUT2D eigenvalue weighted by atomic mass is 16.5. The summed E-state index contributed by atoms with van der Waals surface area (Å²) >= 11 is 0. The number of hydrogen-bond donors (Lipinski definition) is 2. The van der Waals surface area contributed by atoms with E-state index in [4.69, 9.17) is 10.5 Å². The van der Waals surface area contributed by atoms with E-state index in [0.717, 1.165) is 68.2 Å². The van der Waals surface area contributed by atoms with Crippen molar-refractivity contribution in [1.29, 1.82) is 0 Å². The van der Waals surface area contributed by atoms with Gasteiger partial charge in [0.15, 0.2) is 0 Å². The summed E-state index contributed by atoms with van der Waals surface area (Å²) in [7, 11) is 0. The molecule has 1 aromatic carbocycles. The molecule has 0 radical (unpaired) electrons. The maximum atomic E-state index is 5.78.